The first-order chi connectivity index (χ1) is 19.7. The minimum atomic E-state index is -4.60. The van der Waals surface area contributed by atoms with E-state index in [0.29, 0.717) is 12.2 Å². The second kappa shape index (κ2) is 12.4. The number of imidazole rings is 1. The molecule has 0 saturated carbocycles. The van der Waals surface area contributed by atoms with E-state index in [4.69, 9.17) is 4.74 Å². The third kappa shape index (κ3) is 7.47. The number of ether oxygens (including phenoxy) is 1. The van der Waals surface area contributed by atoms with Gasteiger partial charge < -0.3 is 20.3 Å². The van der Waals surface area contributed by atoms with Crippen molar-refractivity contribution < 1.29 is 35.5 Å². The van der Waals surface area contributed by atoms with E-state index in [2.05, 4.69) is 27.5 Å². The van der Waals surface area contributed by atoms with Gasteiger partial charge in [0.2, 0.25) is 0 Å². The molecule has 1 aliphatic heterocycles. The first-order valence-electron chi connectivity index (χ1n) is 12.7. The van der Waals surface area contributed by atoms with Crippen LogP contribution in [-0.2, 0) is 9.84 Å². The number of piperidine rings is 1. The SMILES string of the molecule is COc1cc(S(C)(=O)=O)ccc1NCC#Cc1cc(C(=O)N[C@@H]2[C@@H](C)CN(C)C[C@@H]2F)c2ncc(SC(F)(F)F)n2c1. The van der Waals surface area contributed by atoms with Crippen molar-refractivity contribution >= 4 is 38.8 Å². The van der Waals surface area contributed by atoms with Crippen LogP contribution in [0.2, 0.25) is 0 Å². The van der Waals surface area contributed by atoms with Crippen molar-refractivity contribution in [1.29, 1.82) is 0 Å². The van der Waals surface area contributed by atoms with Gasteiger partial charge in [-0.05, 0) is 31.2 Å². The van der Waals surface area contributed by atoms with Crippen LogP contribution in [0.15, 0.2) is 46.6 Å². The number of methoxy groups -OCH3 is 1. The van der Waals surface area contributed by atoms with Crippen LogP contribution in [0, 0.1) is 17.8 Å². The highest BCUT2D eigenvalue weighted by Crippen LogP contribution is 2.37. The number of nitrogens with zero attached hydrogens (tertiary/aromatic N) is 3. The summed E-state index contributed by atoms with van der Waals surface area (Å²) in [5.74, 6) is 5.08. The molecule has 1 aromatic carbocycles. The average molecular weight is 628 g/mol. The summed E-state index contributed by atoms with van der Waals surface area (Å²) in [6, 6.07) is 4.94. The molecule has 0 spiro atoms. The highest BCUT2D eigenvalue weighted by molar-refractivity contribution is 8.00. The van der Waals surface area contributed by atoms with E-state index >= 15 is 0 Å². The fourth-order valence-electron chi connectivity index (χ4n) is 4.74. The maximum absolute atomic E-state index is 14.8. The third-order valence-electron chi connectivity index (χ3n) is 6.62. The molecule has 0 aliphatic carbocycles. The number of halogens is 4. The minimum absolute atomic E-state index is 0.0189. The fraction of sp³-hybridized carbons (Fsp3) is 0.407. The molecule has 226 valence electrons. The number of aromatic nitrogens is 2. The molecule has 1 aliphatic rings. The Labute approximate surface area is 244 Å². The van der Waals surface area contributed by atoms with Crippen LogP contribution in [0.4, 0.5) is 23.2 Å². The number of rotatable bonds is 7. The highest BCUT2D eigenvalue weighted by atomic mass is 32.2. The Morgan fingerprint density at radius 2 is 2.00 bits per heavy atom. The van der Waals surface area contributed by atoms with Crippen molar-refractivity contribution in [2.24, 2.45) is 5.92 Å². The predicted octanol–water partition coefficient (Wildman–Crippen LogP) is 3.84. The van der Waals surface area contributed by atoms with Gasteiger partial charge in [0.15, 0.2) is 15.5 Å². The molecule has 2 aromatic heterocycles. The summed E-state index contributed by atoms with van der Waals surface area (Å²) in [5.41, 5.74) is -3.96. The molecule has 2 N–H and O–H groups in total. The molecule has 3 aromatic rings. The molecular formula is C27H29F4N5O4S2. The number of pyridine rings is 1. The normalized spacial score (nSPS) is 19.7. The molecule has 4 rings (SSSR count). The molecule has 1 fully saturated rings. The van der Waals surface area contributed by atoms with Gasteiger partial charge in [0, 0.05) is 48.9 Å². The van der Waals surface area contributed by atoms with Gasteiger partial charge in [0.05, 0.1) is 42.0 Å². The molecule has 1 amide bonds. The van der Waals surface area contributed by atoms with E-state index < -0.39 is 33.5 Å². The largest absolute Gasteiger partial charge is 0.495 e. The second-order valence-corrected chi connectivity index (χ2v) is 13.1. The second-order valence-electron chi connectivity index (χ2n) is 9.98. The number of fused-ring (bicyclic) bond motifs is 1. The minimum Gasteiger partial charge on any atom is -0.495 e. The molecule has 42 heavy (non-hydrogen) atoms. The molecule has 3 atom stereocenters. The first-order valence-corrected chi connectivity index (χ1v) is 15.4. The van der Waals surface area contributed by atoms with Gasteiger partial charge >= 0.3 is 5.51 Å². The maximum atomic E-state index is 14.8. The number of thioether (sulfide) groups is 1. The molecule has 1 saturated heterocycles. The van der Waals surface area contributed by atoms with Crippen LogP contribution in [-0.4, -0.2) is 86.4 Å². The predicted molar refractivity (Wildman–Crippen MR) is 151 cm³/mol. The lowest BCUT2D eigenvalue weighted by Crippen LogP contribution is -2.56. The molecule has 0 unspecified atom stereocenters. The van der Waals surface area contributed by atoms with E-state index in [1.165, 1.54) is 37.6 Å². The number of likely N-dealkylation sites (tertiary alicyclic amines) is 1. The van der Waals surface area contributed by atoms with Gasteiger partial charge in [-0.1, -0.05) is 18.8 Å². The summed E-state index contributed by atoms with van der Waals surface area (Å²) < 4.78 is 84.5. The molecular weight excluding hydrogens is 598 g/mol. The van der Waals surface area contributed by atoms with Gasteiger partial charge in [-0.25, -0.2) is 17.8 Å². The van der Waals surface area contributed by atoms with Crippen molar-refractivity contribution in [2.45, 2.75) is 34.6 Å². The molecule has 0 radical (unpaired) electrons. The van der Waals surface area contributed by atoms with E-state index in [0.717, 1.165) is 16.9 Å². The zero-order valence-corrected chi connectivity index (χ0v) is 24.8. The average Bonchev–Trinajstić information content (AvgIpc) is 3.28. The Morgan fingerprint density at radius 1 is 1.26 bits per heavy atom. The Bertz CT molecular complexity index is 1640. The van der Waals surface area contributed by atoms with Crippen LogP contribution < -0.4 is 15.4 Å². The van der Waals surface area contributed by atoms with Crippen LogP contribution >= 0.6 is 11.8 Å². The zero-order chi connectivity index (χ0) is 30.8. The Balaban J connectivity index is 1.63. The smallest absolute Gasteiger partial charge is 0.447 e. The number of amides is 1. The third-order valence-corrected chi connectivity index (χ3v) is 8.48. The van der Waals surface area contributed by atoms with Crippen molar-refractivity contribution in [2.75, 3.05) is 45.4 Å². The van der Waals surface area contributed by atoms with Crippen LogP contribution in [0.5, 0.6) is 5.75 Å². The quantitative estimate of drug-likeness (QED) is 0.232. The maximum Gasteiger partial charge on any atom is 0.447 e. The fourth-order valence-corrected chi connectivity index (χ4v) is 5.95. The molecule has 15 heteroatoms. The summed E-state index contributed by atoms with van der Waals surface area (Å²) in [6.07, 6.45) is 2.12. The summed E-state index contributed by atoms with van der Waals surface area (Å²) in [7, 11) is -0.269. The topological polar surface area (TPSA) is 105 Å². The Kier molecular flexibility index (Phi) is 9.29. The van der Waals surface area contributed by atoms with Gasteiger partial charge in [-0.2, -0.15) is 13.2 Å². The van der Waals surface area contributed by atoms with Crippen LogP contribution in [0.3, 0.4) is 0 Å². The van der Waals surface area contributed by atoms with E-state index in [1.807, 2.05) is 11.8 Å². The van der Waals surface area contributed by atoms with Gasteiger partial charge in [0.25, 0.3) is 5.91 Å². The highest BCUT2D eigenvalue weighted by Gasteiger charge is 2.35. The van der Waals surface area contributed by atoms with Crippen molar-refractivity contribution in [1.82, 2.24) is 19.6 Å². The number of sulfone groups is 1. The number of nitrogens with one attached hydrogen (secondary N) is 2. The van der Waals surface area contributed by atoms with Gasteiger partial charge in [0.1, 0.15) is 16.9 Å². The first kappa shape index (κ1) is 31.5. The van der Waals surface area contributed by atoms with Crippen LogP contribution in [0.1, 0.15) is 22.8 Å². The lowest BCUT2D eigenvalue weighted by Gasteiger charge is -2.37. The Hall–Kier alpha value is -3.48. The number of hydrogen-bond donors (Lipinski definition) is 2. The number of anilines is 1. The lowest BCUT2D eigenvalue weighted by molar-refractivity contribution is -0.0329. The number of alkyl halides is 4. The molecule has 0 bridgehead atoms. The molecule has 9 nitrogen and oxygen atoms in total. The number of hydrogen-bond acceptors (Lipinski definition) is 8. The summed E-state index contributed by atoms with van der Waals surface area (Å²) in [5, 5.41) is 5.45. The summed E-state index contributed by atoms with van der Waals surface area (Å²) in [4.78, 5) is 19.3. The van der Waals surface area contributed by atoms with Crippen molar-refractivity contribution in [3.63, 3.8) is 0 Å². The summed E-state index contributed by atoms with van der Waals surface area (Å²) in [6.45, 7) is 2.57. The molecule has 3 heterocycles. The number of carbonyl (C=O) groups excluding carboxylic acids is 1. The zero-order valence-electron chi connectivity index (χ0n) is 23.1. The van der Waals surface area contributed by atoms with E-state index in [9.17, 15) is 30.8 Å². The van der Waals surface area contributed by atoms with Gasteiger partial charge in [-0.3, -0.25) is 9.20 Å². The number of benzene rings is 1. The van der Waals surface area contributed by atoms with E-state index in [1.54, 1.807) is 7.05 Å². The van der Waals surface area contributed by atoms with Crippen molar-refractivity contribution in [3.8, 4) is 17.6 Å². The van der Waals surface area contributed by atoms with Crippen LogP contribution in [0.25, 0.3) is 5.65 Å². The standard InChI is InChI=1S/C27H29F4N5O4S2/c1-16-13-35(2)15-20(28)24(16)34-26(37)19-10-17(14-36-23(12-33-25(19)36)41-27(29,30)31)6-5-9-32-21-8-7-18(42(4,38)39)11-22(21)40-3/h7-8,10-12,14,16,20,24,32H,9,13,15H2,1-4H3,(H,34,37)/t16-,20-,24+/m0/s1. The number of carbonyl (C=O) groups is 1. The summed E-state index contributed by atoms with van der Waals surface area (Å²) >= 11 is -0.379. The lowest BCUT2D eigenvalue weighted by atomic mass is 9.92. The monoisotopic (exact) mass is 627 g/mol. The van der Waals surface area contributed by atoms with Gasteiger partial charge in [-0.15, -0.1) is 0 Å². The van der Waals surface area contributed by atoms with Crippen molar-refractivity contribution in [3.05, 3.63) is 47.8 Å². The Morgan fingerprint density at radius 3 is 2.64 bits per heavy atom. The van der Waals surface area contributed by atoms with E-state index in [-0.39, 0.29) is 63.2 Å².